The molecule has 1 aliphatic rings. The average Bonchev–Trinajstić information content (AvgIpc) is 3.66. The van der Waals surface area contributed by atoms with Crippen molar-refractivity contribution in [3.05, 3.63) is 180 Å². The lowest BCUT2D eigenvalue weighted by molar-refractivity contribution is 0.882. The third-order valence-corrected chi connectivity index (χ3v) is 10.6. The van der Waals surface area contributed by atoms with Crippen molar-refractivity contribution in [1.29, 1.82) is 0 Å². The van der Waals surface area contributed by atoms with Crippen molar-refractivity contribution in [3.8, 4) is 33.4 Å². The van der Waals surface area contributed by atoms with Crippen LogP contribution >= 0.6 is 0 Å². The van der Waals surface area contributed by atoms with Crippen molar-refractivity contribution in [2.24, 2.45) is 0 Å². The van der Waals surface area contributed by atoms with Gasteiger partial charge < -0.3 is 4.57 Å². The van der Waals surface area contributed by atoms with Crippen molar-refractivity contribution in [2.45, 2.75) is 19.9 Å². The average molecular weight is 612 g/mol. The molecule has 10 rings (SSSR count). The first-order chi connectivity index (χ1) is 23.7. The number of aryl methyl sites for hydroxylation is 1. The predicted molar refractivity (Wildman–Crippen MR) is 204 cm³/mol. The quantitative estimate of drug-likeness (QED) is 0.175. The largest absolute Gasteiger partial charge is 0.336 e. The molecule has 1 aromatic heterocycles. The van der Waals surface area contributed by atoms with Crippen LogP contribution in [0.1, 0.15) is 22.3 Å². The molecule has 0 saturated carbocycles. The Morgan fingerprint density at radius 3 is 1.79 bits per heavy atom. The predicted octanol–water partition coefficient (Wildman–Crippen LogP) is 12.4. The fourth-order valence-corrected chi connectivity index (χ4v) is 8.33. The highest BCUT2D eigenvalue weighted by Crippen LogP contribution is 2.42. The maximum atomic E-state index is 2.54. The minimum Gasteiger partial charge on any atom is -0.336 e. The van der Waals surface area contributed by atoms with Crippen LogP contribution < -0.4 is 0 Å². The summed E-state index contributed by atoms with van der Waals surface area (Å²) >= 11 is 0. The van der Waals surface area contributed by atoms with Crippen LogP contribution in [0.5, 0.6) is 0 Å². The molecule has 0 atom stereocenters. The van der Waals surface area contributed by atoms with Crippen LogP contribution in [-0.2, 0) is 13.0 Å². The third-order valence-electron chi connectivity index (χ3n) is 10.6. The van der Waals surface area contributed by atoms with Gasteiger partial charge in [0, 0.05) is 28.4 Å². The van der Waals surface area contributed by atoms with E-state index < -0.39 is 0 Å². The third kappa shape index (κ3) is 4.11. The van der Waals surface area contributed by atoms with Crippen LogP contribution in [-0.4, -0.2) is 4.57 Å². The number of nitrogens with zero attached hydrogens (tertiary/aromatic N) is 1. The molecule has 0 unspecified atom stereocenters. The molecule has 0 aliphatic heterocycles. The van der Waals surface area contributed by atoms with E-state index in [4.69, 9.17) is 0 Å². The monoisotopic (exact) mass is 611 g/mol. The standard InChI is InChI=1S/C47H33N/c1-30-19-23-45-42(25-30)43-28-33(32-20-21-35-26-34-13-5-6-14-36(34)41(35)27-32)22-24-46(43)48(45)29-44-37-15-7-9-17-39(37)47(31-11-3-2-4-12-31)40-18-10-8-16-38(40)44/h2-25,27-28H,26,29H2,1H3. The number of benzene rings is 8. The summed E-state index contributed by atoms with van der Waals surface area (Å²) in [5.41, 5.74) is 15.9. The highest BCUT2D eigenvalue weighted by molar-refractivity contribution is 6.15. The molecule has 0 fully saturated rings. The van der Waals surface area contributed by atoms with Gasteiger partial charge in [-0.25, -0.2) is 0 Å². The Balaban J connectivity index is 1.18. The smallest absolute Gasteiger partial charge is 0.0494 e. The summed E-state index contributed by atoms with van der Waals surface area (Å²) < 4.78 is 2.54. The minimum atomic E-state index is 0.786. The highest BCUT2D eigenvalue weighted by Gasteiger charge is 2.20. The van der Waals surface area contributed by atoms with Gasteiger partial charge in [0.2, 0.25) is 0 Å². The van der Waals surface area contributed by atoms with Crippen LogP contribution in [0.2, 0.25) is 0 Å². The number of rotatable bonds is 4. The summed E-state index contributed by atoms with van der Waals surface area (Å²) in [7, 11) is 0. The van der Waals surface area contributed by atoms with E-state index in [1.54, 1.807) is 0 Å². The molecule has 1 heteroatoms. The van der Waals surface area contributed by atoms with Gasteiger partial charge in [0.25, 0.3) is 0 Å². The van der Waals surface area contributed by atoms with Gasteiger partial charge in [0.1, 0.15) is 0 Å². The molecular weight excluding hydrogens is 579 g/mol. The number of aromatic nitrogens is 1. The van der Waals surface area contributed by atoms with E-state index in [0.717, 1.165) is 13.0 Å². The van der Waals surface area contributed by atoms with Gasteiger partial charge in [-0.3, -0.25) is 0 Å². The molecule has 8 aromatic carbocycles. The summed E-state index contributed by atoms with van der Waals surface area (Å²) in [5, 5.41) is 7.85. The minimum absolute atomic E-state index is 0.786. The lowest BCUT2D eigenvalue weighted by Crippen LogP contribution is -2.02. The van der Waals surface area contributed by atoms with Crippen molar-refractivity contribution >= 4 is 43.4 Å². The van der Waals surface area contributed by atoms with Gasteiger partial charge >= 0.3 is 0 Å². The van der Waals surface area contributed by atoms with E-state index in [1.165, 1.54) is 99.0 Å². The molecule has 1 nitrogen and oxygen atoms in total. The summed E-state index contributed by atoms with van der Waals surface area (Å²) in [6, 6.07) is 58.7. The second-order valence-corrected chi connectivity index (χ2v) is 13.4. The van der Waals surface area contributed by atoms with Crippen LogP contribution in [0.4, 0.5) is 0 Å². The van der Waals surface area contributed by atoms with Gasteiger partial charge in [-0.05, 0) is 115 Å². The first-order valence-corrected chi connectivity index (χ1v) is 16.9. The zero-order valence-electron chi connectivity index (χ0n) is 26.9. The Kier molecular flexibility index (Phi) is 5.98. The van der Waals surface area contributed by atoms with E-state index in [9.17, 15) is 0 Å². The molecule has 9 aromatic rings. The number of hydrogen-bond donors (Lipinski definition) is 0. The van der Waals surface area contributed by atoms with Crippen LogP contribution in [0.25, 0.3) is 76.7 Å². The number of hydrogen-bond acceptors (Lipinski definition) is 0. The highest BCUT2D eigenvalue weighted by atomic mass is 15.0. The normalized spacial score (nSPS) is 12.3. The van der Waals surface area contributed by atoms with E-state index in [-0.39, 0.29) is 0 Å². The maximum Gasteiger partial charge on any atom is 0.0494 e. The molecule has 0 amide bonds. The van der Waals surface area contributed by atoms with Gasteiger partial charge in [0.15, 0.2) is 0 Å². The van der Waals surface area contributed by atoms with Crippen molar-refractivity contribution in [2.75, 3.05) is 0 Å². The van der Waals surface area contributed by atoms with Crippen molar-refractivity contribution < 1.29 is 0 Å². The summed E-state index contributed by atoms with van der Waals surface area (Å²) in [5.74, 6) is 0. The molecule has 0 radical (unpaired) electrons. The van der Waals surface area contributed by atoms with Gasteiger partial charge in [0.05, 0.1) is 0 Å². The fourth-order valence-electron chi connectivity index (χ4n) is 8.33. The summed E-state index contributed by atoms with van der Waals surface area (Å²) in [6.45, 7) is 2.99. The van der Waals surface area contributed by atoms with Gasteiger partial charge in [-0.15, -0.1) is 0 Å². The lowest BCUT2D eigenvalue weighted by Gasteiger charge is -2.18. The van der Waals surface area contributed by atoms with Gasteiger partial charge in [-0.1, -0.05) is 133 Å². The summed E-state index contributed by atoms with van der Waals surface area (Å²) in [4.78, 5) is 0. The molecule has 0 N–H and O–H groups in total. The Hall–Kier alpha value is -5.92. The van der Waals surface area contributed by atoms with Gasteiger partial charge in [-0.2, -0.15) is 0 Å². The molecule has 226 valence electrons. The lowest BCUT2D eigenvalue weighted by atomic mass is 9.88. The first-order valence-electron chi connectivity index (χ1n) is 16.9. The fraction of sp³-hybridized carbons (Fsp3) is 0.0638. The van der Waals surface area contributed by atoms with Crippen LogP contribution in [0.3, 0.4) is 0 Å². The van der Waals surface area contributed by atoms with E-state index in [2.05, 4.69) is 169 Å². The van der Waals surface area contributed by atoms with Crippen molar-refractivity contribution in [1.82, 2.24) is 4.57 Å². The van der Waals surface area contributed by atoms with E-state index >= 15 is 0 Å². The maximum absolute atomic E-state index is 2.54. The number of fused-ring (bicyclic) bond motifs is 8. The second-order valence-electron chi connectivity index (χ2n) is 13.4. The molecular formula is C47H33N. The molecule has 1 aliphatic carbocycles. The Labute approximate surface area is 280 Å². The Morgan fingerprint density at radius 2 is 1.02 bits per heavy atom. The molecule has 0 bridgehead atoms. The Morgan fingerprint density at radius 1 is 0.438 bits per heavy atom. The molecule has 0 saturated heterocycles. The topological polar surface area (TPSA) is 4.93 Å². The Bertz CT molecular complexity index is 2670. The zero-order valence-corrected chi connectivity index (χ0v) is 26.9. The van der Waals surface area contributed by atoms with Crippen LogP contribution in [0, 0.1) is 6.92 Å². The first kappa shape index (κ1) is 27.2. The van der Waals surface area contributed by atoms with E-state index in [1.807, 2.05) is 0 Å². The van der Waals surface area contributed by atoms with Crippen molar-refractivity contribution in [3.63, 3.8) is 0 Å². The zero-order chi connectivity index (χ0) is 31.8. The molecule has 1 heterocycles. The second kappa shape index (κ2) is 10.6. The summed E-state index contributed by atoms with van der Waals surface area (Å²) in [6.07, 6.45) is 1.02. The SMILES string of the molecule is Cc1ccc2c(c1)c1cc(-c3ccc4c(c3)-c3ccccc3C4)ccc1n2Cc1c2ccccc2c(-c2ccccc2)c2ccccc12. The van der Waals surface area contributed by atoms with Crippen LogP contribution in [0.15, 0.2) is 158 Å². The molecule has 0 spiro atoms. The van der Waals surface area contributed by atoms with E-state index in [0.29, 0.717) is 0 Å². The molecule has 48 heavy (non-hydrogen) atoms.